The summed E-state index contributed by atoms with van der Waals surface area (Å²) in [6.45, 7) is 2.06. The first kappa shape index (κ1) is 25.6. The molecular formula is C30H24FN5S2. The summed E-state index contributed by atoms with van der Waals surface area (Å²) in [5.74, 6) is 1.10. The predicted molar refractivity (Wildman–Crippen MR) is 163 cm³/mol. The number of halogens is 1. The number of anilines is 1. The molecule has 188 valence electrons. The van der Waals surface area contributed by atoms with E-state index in [1.54, 1.807) is 23.9 Å². The van der Waals surface area contributed by atoms with Crippen LogP contribution >= 0.6 is 23.5 Å². The third kappa shape index (κ3) is 6.45. The molecule has 0 aliphatic carbocycles. The zero-order valence-electron chi connectivity index (χ0n) is 20.6. The Morgan fingerprint density at radius 2 is 1.29 bits per heavy atom. The maximum atomic E-state index is 13.9. The average Bonchev–Trinajstić information content (AvgIpc) is 3.26. The molecule has 38 heavy (non-hydrogen) atoms. The third-order valence-corrected chi connectivity index (χ3v) is 6.94. The molecule has 5 rings (SSSR count). The lowest BCUT2D eigenvalue weighted by Gasteiger charge is -2.18. The maximum Gasteiger partial charge on any atom is 0.190 e. The van der Waals surface area contributed by atoms with Crippen LogP contribution in [0.3, 0.4) is 0 Å². The van der Waals surface area contributed by atoms with E-state index in [-0.39, 0.29) is 5.82 Å². The van der Waals surface area contributed by atoms with Crippen molar-refractivity contribution in [2.45, 2.75) is 6.92 Å². The Morgan fingerprint density at radius 1 is 0.737 bits per heavy atom. The van der Waals surface area contributed by atoms with Gasteiger partial charge in [0.1, 0.15) is 10.9 Å². The van der Waals surface area contributed by atoms with E-state index < -0.39 is 0 Å². The van der Waals surface area contributed by atoms with Gasteiger partial charge >= 0.3 is 0 Å². The number of para-hydroxylation sites is 3. The van der Waals surface area contributed by atoms with Crippen molar-refractivity contribution >= 4 is 67.5 Å². The highest BCUT2D eigenvalue weighted by Crippen LogP contribution is 2.34. The molecule has 1 fully saturated rings. The number of hydrogen-bond acceptors (Lipinski definition) is 5. The molecule has 5 nitrogen and oxygen atoms in total. The van der Waals surface area contributed by atoms with Crippen LogP contribution in [0.15, 0.2) is 135 Å². The Labute approximate surface area is 230 Å². The first-order chi connectivity index (χ1) is 18.7. The minimum atomic E-state index is -0.313. The molecule has 0 aromatic heterocycles. The van der Waals surface area contributed by atoms with Gasteiger partial charge in [-0.25, -0.2) is 19.4 Å². The number of amidine groups is 3. The van der Waals surface area contributed by atoms with Gasteiger partial charge < -0.3 is 0 Å². The van der Waals surface area contributed by atoms with Crippen molar-refractivity contribution in [2.24, 2.45) is 20.0 Å². The van der Waals surface area contributed by atoms with Crippen LogP contribution in [0.4, 0.5) is 27.1 Å². The Morgan fingerprint density at radius 3 is 1.87 bits per heavy atom. The third-order valence-electron chi connectivity index (χ3n) is 5.29. The molecule has 0 atom stereocenters. The number of thioether (sulfide) groups is 2. The lowest BCUT2D eigenvalue weighted by molar-refractivity contribution is 0.628. The van der Waals surface area contributed by atoms with E-state index in [0.29, 0.717) is 21.2 Å². The summed E-state index contributed by atoms with van der Waals surface area (Å²) in [5.41, 5.74) is 3.13. The molecule has 8 heteroatoms. The Bertz CT molecular complexity index is 1490. The van der Waals surface area contributed by atoms with Gasteiger partial charge in [-0.1, -0.05) is 73.3 Å². The fourth-order valence-corrected chi connectivity index (χ4v) is 5.19. The van der Waals surface area contributed by atoms with Crippen LogP contribution in [0.2, 0.25) is 0 Å². The van der Waals surface area contributed by atoms with E-state index in [2.05, 4.69) is 6.92 Å². The molecule has 4 aromatic rings. The van der Waals surface area contributed by atoms with Gasteiger partial charge in [-0.05, 0) is 78.2 Å². The Kier molecular flexibility index (Phi) is 8.42. The molecule has 4 aromatic carbocycles. The summed E-state index contributed by atoms with van der Waals surface area (Å²) < 4.78 is 13.9. The largest absolute Gasteiger partial charge is 0.271 e. The number of aliphatic imine (C=N–C) groups is 4. The summed E-state index contributed by atoms with van der Waals surface area (Å²) in [4.78, 5) is 21.6. The van der Waals surface area contributed by atoms with Crippen molar-refractivity contribution in [2.75, 3.05) is 10.7 Å². The van der Waals surface area contributed by atoms with E-state index in [1.807, 2.05) is 95.9 Å². The fourth-order valence-electron chi connectivity index (χ4n) is 3.59. The molecule has 0 bridgehead atoms. The zero-order chi connectivity index (χ0) is 26.2. The maximum absolute atomic E-state index is 13.9. The Hall–Kier alpha value is -4.01. The second-order valence-electron chi connectivity index (χ2n) is 7.99. The quantitative estimate of drug-likeness (QED) is 0.189. The number of nitrogens with zero attached hydrogens (tertiary/aromatic N) is 5. The molecule has 0 radical (unpaired) electrons. The standard InChI is InChI=1S/C30H24FN5S2/c1-2-37-29(34-25-16-10-5-11-17-25)35-30-36(26-20-18-22(31)19-21-26)27(32-23-12-6-3-7-13-23)28(38-30)33-24-14-8-4-9-15-24/h3-21H,2H2,1H3/b32-27?,33-28?,34-29?,35-30-. The summed E-state index contributed by atoms with van der Waals surface area (Å²) in [5, 5.41) is 1.94. The SMILES string of the molecule is CCSC(=Nc1ccccc1)/N=C1\SC(=Nc2ccccc2)C(=Nc2ccccc2)N1c1ccc(F)cc1. The van der Waals surface area contributed by atoms with Crippen LogP contribution in [-0.4, -0.2) is 27.0 Å². The summed E-state index contributed by atoms with van der Waals surface area (Å²) in [6.07, 6.45) is 0. The van der Waals surface area contributed by atoms with Crippen LogP contribution in [0.1, 0.15) is 6.92 Å². The Balaban J connectivity index is 1.68. The highest BCUT2D eigenvalue weighted by molar-refractivity contribution is 8.29. The topological polar surface area (TPSA) is 52.7 Å². The van der Waals surface area contributed by atoms with Crippen LogP contribution in [0.5, 0.6) is 0 Å². The normalized spacial score (nSPS) is 17.1. The number of rotatable bonds is 5. The van der Waals surface area contributed by atoms with E-state index in [9.17, 15) is 4.39 Å². The second-order valence-corrected chi connectivity index (χ2v) is 10.2. The van der Waals surface area contributed by atoms with Crippen LogP contribution in [0.25, 0.3) is 0 Å². The zero-order valence-corrected chi connectivity index (χ0v) is 22.2. The van der Waals surface area contributed by atoms with Crippen molar-refractivity contribution in [1.82, 2.24) is 0 Å². The minimum Gasteiger partial charge on any atom is -0.271 e. The lowest BCUT2D eigenvalue weighted by Crippen LogP contribution is -2.31. The van der Waals surface area contributed by atoms with Crippen LogP contribution in [-0.2, 0) is 0 Å². The van der Waals surface area contributed by atoms with Gasteiger partial charge in [-0.3, -0.25) is 4.90 Å². The average molecular weight is 538 g/mol. The van der Waals surface area contributed by atoms with Gasteiger partial charge in [-0.2, -0.15) is 4.99 Å². The van der Waals surface area contributed by atoms with Gasteiger partial charge in [0.05, 0.1) is 17.1 Å². The molecule has 1 saturated heterocycles. The van der Waals surface area contributed by atoms with Crippen molar-refractivity contribution in [3.63, 3.8) is 0 Å². The molecule has 0 amide bonds. The van der Waals surface area contributed by atoms with Crippen molar-refractivity contribution in [3.8, 4) is 0 Å². The lowest BCUT2D eigenvalue weighted by atomic mass is 10.2. The molecule has 0 unspecified atom stereocenters. The summed E-state index contributed by atoms with van der Waals surface area (Å²) in [7, 11) is 0. The van der Waals surface area contributed by atoms with Crippen molar-refractivity contribution < 1.29 is 4.39 Å². The first-order valence-corrected chi connectivity index (χ1v) is 13.9. The van der Waals surface area contributed by atoms with Gasteiger partial charge in [-0.15, -0.1) is 0 Å². The fraction of sp³-hybridized carbons (Fsp3) is 0.0667. The van der Waals surface area contributed by atoms with Crippen molar-refractivity contribution in [3.05, 3.63) is 121 Å². The predicted octanol–water partition coefficient (Wildman–Crippen LogP) is 8.64. The van der Waals surface area contributed by atoms with E-state index in [1.165, 1.54) is 23.9 Å². The smallest absolute Gasteiger partial charge is 0.190 e. The first-order valence-electron chi connectivity index (χ1n) is 12.1. The summed E-state index contributed by atoms with van der Waals surface area (Å²) in [6, 6.07) is 35.5. The second kappa shape index (κ2) is 12.5. The number of benzene rings is 4. The highest BCUT2D eigenvalue weighted by Gasteiger charge is 2.35. The van der Waals surface area contributed by atoms with Gasteiger partial charge in [0, 0.05) is 5.69 Å². The molecule has 0 spiro atoms. The highest BCUT2D eigenvalue weighted by atomic mass is 32.2. The van der Waals surface area contributed by atoms with Gasteiger partial charge in [0.2, 0.25) is 0 Å². The van der Waals surface area contributed by atoms with Crippen LogP contribution < -0.4 is 4.90 Å². The van der Waals surface area contributed by atoms with Gasteiger partial charge in [0.15, 0.2) is 16.2 Å². The molecule has 0 N–H and O–H groups in total. The summed E-state index contributed by atoms with van der Waals surface area (Å²) >= 11 is 2.96. The minimum absolute atomic E-state index is 0.313. The number of hydrogen-bond donors (Lipinski definition) is 0. The van der Waals surface area contributed by atoms with Crippen molar-refractivity contribution in [1.29, 1.82) is 0 Å². The van der Waals surface area contributed by atoms with E-state index in [4.69, 9.17) is 20.0 Å². The molecule has 0 saturated carbocycles. The van der Waals surface area contributed by atoms with Crippen LogP contribution in [0, 0.1) is 5.82 Å². The molecule has 1 aliphatic rings. The van der Waals surface area contributed by atoms with E-state index in [0.717, 1.165) is 28.5 Å². The molecule has 1 aliphatic heterocycles. The molecular weight excluding hydrogens is 513 g/mol. The van der Waals surface area contributed by atoms with E-state index >= 15 is 0 Å². The molecule has 1 heterocycles. The van der Waals surface area contributed by atoms with Gasteiger partial charge in [0.25, 0.3) is 0 Å². The monoisotopic (exact) mass is 537 g/mol.